The Hall–Kier alpha value is -1.55. The summed E-state index contributed by atoms with van der Waals surface area (Å²) in [5.74, 6) is -0.433. The fourth-order valence-corrected chi connectivity index (χ4v) is 3.52. The first-order valence-corrected chi connectivity index (χ1v) is 8.02. The molecule has 0 bridgehead atoms. The van der Waals surface area contributed by atoms with Crippen LogP contribution in [-0.2, 0) is 15.8 Å². The first-order valence-electron chi connectivity index (χ1n) is 8.02. The molecule has 1 atom stereocenters. The van der Waals surface area contributed by atoms with Crippen LogP contribution in [0.2, 0.25) is 0 Å². The first kappa shape index (κ1) is 16.8. The van der Waals surface area contributed by atoms with Gasteiger partial charge in [0.1, 0.15) is 5.75 Å². The number of methoxy groups -OCH3 is 1. The van der Waals surface area contributed by atoms with Crippen molar-refractivity contribution in [1.29, 1.82) is 0 Å². The van der Waals surface area contributed by atoms with E-state index in [4.69, 9.17) is 4.74 Å². The van der Waals surface area contributed by atoms with E-state index < -0.39 is 11.6 Å². The van der Waals surface area contributed by atoms with E-state index in [1.807, 2.05) is 6.07 Å². The van der Waals surface area contributed by atoms with Gasteiger partial charge in [-0.15, -0.1) is 0 Å². The van der Waals surface area contributed by atoms with E-state index in [0.717, 1.165) is 24.2 Å². The lowest BCUT2D eigenvalue weighted by atomic mass is 9.70. The number of carboxylic acid groups (broad SMARTS) is 1. The van der Waals surface area contributed by atoms with Crippen LogP contribution in [0.3, 0.4) is 0 Å². The molecule has 22 heavy (non-hydrogen) atoms. The molecule has 0 aliphatic heterocycles. The van der Waals surface area contributed by atoms with Crippen LogP contribution in [0.5, 0.6) is 5.75 Å². The largest absolute Gasteiger partial charge is 0.496 e. The highest BCUT2D eigenvalue weighted by Gasteiger charge is 2.38. The molecule has 1 saturated carbocycles. The third-order valence-electron chi connectivity index (χ3n) is 5.15. The highest BCUT2D eigenvalue weighted by atomic mass is 16.5. The Morgan fingerprint density at radius 1 is 1.32 bits per heavy atom. The fraction of sp³-hybridized carbons (Fsp3) is 0.611. The monoisotopic (exact) mass is 306 g/mol. The second-order valence-corrected chi connectivity index (χ2v) is 6.56. The summed E-state index contributed by atoms with van der Waals surface area (Å²) in [5, 5.41) is 19.9. The fourth-order valence-electron chi connectivity index (χ4n) is 3.52. The van der Waals surface area contributed by atoms with Gasteiger partial charge in [0, 0.05) is 5.56 Å². The molecule has 4 nitrogen and oxygen atoms in total. The number of carbonyl (C=O) groups is 1. The number of ether oxygens (including phenoxy) is 1. The van der Waals surface area contributed by atoms with E-state index >= 15 is 0 Å². The molecule has 1 unspecified atom stereocenters. The van der Waals surface area contributed by atoms with Gasteiger partial charge in [0.05, 0.1) is 7.11 Å². The summed E-state index contributed by atoms with van der Waals surface area (Å²) >= 11 is 0. The van der Waals surface area contributed by atoms with Crippen LogP contribution >= 0.6 is 0 Å². The average molecular weight is 306 g/mol. The van der Waals surface area contributed by atoms with Crippen LogP contribution < -0.4 is 4.74 Å². The van der Waals surface area contributed by atoms with Crippen molar-refractivity contribution in [3.63, 3.8) is 0 Å². The molecule has 0 saturated heterocycles. The van der Waals surface area contributed by atoms with Crippen LogP contribution in [-0.4, -0.2) is 23.3 Å². The molecule has 122 valence electrons. The molecule has 2 rings (SSSR count). The molecule has 1 aliphatic rings. The Labute approximate surface area is 132 Å². The third kappa shape index (κ3) is 2.84. The van der Waals surface area contributed by atoms with Crippen LogP contribution in [0.25, 0.3) is 0 Å². The van der Waals surface area contributed by atoms with Crippen LogP contribution in [0.1, 0.15) is 63.5 Å². The maximum Gasteiger partial charge on any atom is 0.340 e. The standard InChI is InChI=1S/C18H26O4/c1-4-18(21,16(19)20)13-8-9-15(22-3)14(12-13)17(2)10-6-5-7-11-17/h8-9,12,21H,4-7,10-11H2,1-3H3,(H,19,20). The van der Waals surface area contributed by atoms with Gasteiger partial charge in [0.2, 0.25) is 0 Å². The van der Waals surface area contributed by atoms with E-state index in [9.17, 15) is 15.0 Å². The molecule has 4 heteroatoms. The predicted molar refractivity (Wildman–Crippen MR) is 85.3 cm³/mol. The second-order valence-electron chi connectivity index (χ2n) is 6.56. The number of hydrogen-bond acceptors (Lipinski definition) is 3. The van der Waals surface area contributed by atoms with Crippen LogP contribution in [0.15, 0.2) is 18.2 Å². The van der Waals surface area contributed by atoms with Gasteiger partial charge in [0.25, 0.3) is 0 Å². The maximum absolute atomic E-state index is 11.5. The summed E-state index contributed by atoms with van der Waals surface area (Å²) in [5.41, 5.74) is -0.413. The van der Waals surface area contributed by atoms with Crippen molar-refractivity contribution in [1.82, 2.24) is 0 Å². The van der Waals surface area contributed by atoms with E-state index in [1.165, 1.54) is 19.3 Å². The Morgan fingerprint density at radius 3 is 2.45 bits per heavy atom. The van der Waals surface area contributed by atoms with Gasteiger partial charge < -0.3 is 14.9 Å². The molecule has 0 radical (unpaired) electrons. The Kier molecular flexibility index (Phi) is 4.81. The SMILES string of the molecule is CCC(O)(C(=O)O)c1ccc(OC)c(C2(C)CCCCC2)c1. The van der Waals surface area contributed by atoms with Crippen molar-refractivity contribution in [2.45, 2.75) is 63.4 Å². The minimum absolute atomic E-state index is 0.0211. The average Bonchev–Trinajstić information content (AvgIpc) is 2.54. The van der Waals surface area contributed by atoms with Crippen molar-refractivity contribution >= 4 is 5.97 Å². The molecular weight excluding hydrogens is 280 g/mol. The summed E-state index contributed by atoms with van der Waals surface area (Å²) in [4.78, 5) is 11.5. The van der Waals surface area contributed by atoms with Crippen molar-refractivity contribution in [2.75, 3.05) is 7.11 Å². The molecule has 0 spiro atoms. The number of carboxylic acids is 1. The molecule has 1 aromatic carbocycles. The lowest BCUT2D eigenvalue weighted by Crippen LogP contribution is -2.35. The third-order valence-corrected chi connectivity index (χ3v) is 5.15. The Balaban J connectivity index is 2.53. The van der Waals surface area contributed by atoms with Gasteiger partial charge in [-0.2, -0.15) is 0 Å². The second kappa shape index (κ2) is 6.29. The maximum atomic E-state index is 11.5. The Bertz CT molecular complexity index is 546. The summed E-state index contributed by atoms with van der Waals surface area (Å²) in [6, 6.07) is 5.28. The van der Waals surface area contributed by atoms with Crippen molar-refractivity contribution in [3.05, 3.63) is 29.3 Å². The van der Waals surface area contributed by atoms with Crippen molar-refractivity contribution < 1.29 is 19.7 Å². The highest BCUT2D eigenvalue weighted by Crippen LogP contribution is 2.44. The number of aliphatic carboxylic acids is 1. The smallest absolute Gasteiger partial charge is 0.340 e. The summed E-state index contributed by atoms with van der Waals surface area (Å²) < 4.78 is 5.50. The summed E-state index contributed by atoms with van der Waals surface area (Å²) in [7, 11) is 1.63. The van der Waals surface area contributed by atoms with Gasteiger partial charge in [-0.1, -0.05) is 39.2 Å². The lowest BCUT2D eigenvalue weighted by Gasteiger charge is -2.36. The van der Waals surface area contributed by atoms with Gasteiger partial charge in [-0.3, -0.25) is 0 Å². The minimum atomic E-state index is -1.84. The van der Waals surface area contributed by atoms with E-state index in [0.29, 0.717) is 5.56 Å². The molecule has 0 heterocycles. The molecule has 0 amide bonds. The summed E-state index contributed by atoms with van der Waals surface area (Å²) in [6.07, 6.45) is 5.83. The van der Waals surface area contributed by atoms with E-state index in [-0.39, 0.29) is 11.8 Å². The molecule has 0 aromatic heterocycles. The highest BCUT2D eigenvalue weighted by molar-refractivity contribution is 5.79. The van der Waals surface area contributed by atoms with Gasteiger partial charge in [-0.05, 0) is 42.4 Å². The van der Waals surface area contributed by atoms with E-state index in [2.05, 4.69) is 6.92 Å². The van der Waals surface area contributed by atoms with Gasteiger partial charge in [0.15, 0.2) is 5.60 Å². The number of aliphatic hydroxyl groups is 1. The first-order chi connectivity index (χ1) is 10.4. The zero-order valence-electron chi connectivity index (χ0n) is 13.7. The Morgan fingerprint density at radius 2 is 1.95 bits per heavy atom. The topological polar surface area (TPSA) is 66.8 Å². The molecule has 1 aliphatic carbocycles. The summed E-state index contributed by atoms with van der Waals surface area (Å²) in [6.45, 7) is 3.89. The number of hydrogen-bond donors (Lipinski definition) is 2. The van der Waals surface area contributed by atoms with Crippen LogP contribution in [0, 0.1) is 0 Å². The number of benzene rings is 1. The zero-order valence-corrected chi connectivity index (χ0v) is 13.7. The minimum Gasteiger partial charge on any atom is -0.496 e. The quantitative estimate of drug-likeness (QED) is 0.872. The zero-order chi connectivity index (χ0) is 16.4. The molecule has 2 N–H and O–H groups in total. The number of rotatable bonds is 5. The van der Waals surface area contributed by atoms with Crippen molar-refractivity contribution in [3.8, 4) is 5.75 Å². The normalized spacial score (nSPS) is 20.2. The molecular formula is C18H26O4. The lowest BCUT2D eigenvalue weighted by molar-refractivity contribution is -0.160. The van der Waals surface area contributed by atoms with E-state index in [1.54, 1.807) is 26.2 Å². The van der Waals surface area contributed by atoms with Gasteiger partial charge >= 0.3 is 5.97 Å². The van der Waals surface area contributed by atoms with Gasteiger partial charge in [-0.25, -0.2) is 4.79 Å². The molecule has 1 fully saturated rings. The molecule has 1 aromatic rings. The van der Waals surface area contributed by atoms with Crippen LogP contribution in [0.4, 0.5) is 0 Å². The predicted octanol–water partition coefficient (Wildman–Crippen LogP) is 3.60. The van der Waals surface area contributed by atoms with Crippen molar-refractivity contribution in [2.24, 2.45) is 0 Å².